The average molecular weight is 290 g/mol. The summed E-state index contributed by atoms with van der Waals surface area (Å²) in [6.07, 6.45) is 7.32. The third-order valence-electron chi connectivity index (χ3n) is 2.02. The van der Waals surface area contributed by atoms with Crippen LogP contribution in [0.2, 0.25) is 0 Å². The van der Waals surface area contributed by atoms with E-state index in [-0.39, 0.29) is 35.3 Å². The fourth-order valence-electron chi connectivity index (χ4n) is 0.996. The summed E-state index contributed by atoms with van der Waals surface area (Å²) in [6.45, 7) is 5.53. The van der Waals surface area contributed by atoms with Crippen molar-refractivity contribution < 1.29 is 52.1 Å². The molecule has 0 rings (SSSR count). The molecule has 0 spiro atoms. The molecule has 0 amide bonds. The Balaban J connectivity index is -0.000000277. The van der Waals surface area contributed by atoms with E-state index in [1.54, 1.807) is 0 Å². The molecule has 0 saturated heterocycles. The van der Waals surface area contributed by atoms with Gasteiger partial charge in [0.1, 0.15) is 0 Å². The molecular weight excluding hydrogens is 267 g/mol. The van der Waals surface area contributed by atoms with Crippen molar-refractivity contribution in [3.8, 4) is 0 Å². The number of hydrogen-bond donors (Lipinski definition) is 1. The molecule has 0 aromatic rings. The largest absolute Gasteiger partial charge is 1.00 e. The van der Waals surface area contributed by atoms with Crippen LogP contribution >= 0.6 is 0 Å². The molecule has 0 unspecified atom stereocenters. The maximum atomic E-state index is 9.59. The number of rotatable bonds is 9. The van der Waals surface area contributed by atoms with Crippen LogP contribution in [0.5, 0.6) is 0 Å². The molecule has 0 fully saturated rings. The molecule has 18 heavy (non-hydrogen) atoms. The van der Waals surface area contributed by atoms with Gasteiger partial charge in [-0.15, -0.1) is 0 Å². The van der Waals surface area contributed by atoms with Gasteiger partial charge in [0, 0.05) is 6.61 Å². The van der Waals surface area contributed by atoms with E-state index >= 15 is 0 Å². The molecule has 0 aromatic heterocycles. The Labute approximate surface area is 133 Å². The van der Waals surface area contributed by atoms with E-state index in [0.29, 0.717) is 6.61 Å². The Morgan fingerprint density at radius 3 is 1.89 bits per heavy atom. The van der Waals surface area contributed by atoms with Crippen molar-refractivity contribution in [1.82, 2.24) is 0 Å². The zero-order valence-electron chi connectivity index (χ0n) is 11.6. The summed E-state index contributed by atoms with van der Waals surface area (Å²) in [5.41, 5.74) is 0. The predicted molar refractivity (Wildman–Crippen MR) is 67.1 cm³/mol. The van der Waals surface area contributed by atoms with Crippen molar-refractivity contribution in [2.75, 3.05) is 12.4 Å². The molecule has 0 saturated carbocycles. The van der Waals surface area contributed by atoms with E-state index in [0.717, 1.165) is 6.42 Å². The molecule has 0 aliphatic rings. The van der Waals surface area contributed by atoms with E-state index in [9.17, 15) is 13.2 Å². The van der Waals surface area contributed by atoms with Gasteiger partial charge >= 0.3 is 29.6 Å². The van der Waals surface area contributed by atoms with Gasteiger partial charge in [0.2, 0.25) is 0 Å². The van der Waals surface area contributed by atoms with Gasteiger partial charge in [-0.1, -0.05) is 45.5 Å². The summed E-state index contributed by atoms with van der Waals surface area (Å²) in [5.74, 6) is -0.201. The van der Waals surface area contributed by atoms with E-state index in [1.807, 2.05) is 0 Å². The van der Waals surface area contributed by atoms with Gasteiger partial charge in [0.05, 0.1) is 5.75 Å². The van der Waals surface area contributed by atoms with Crippen molar-refractivity contribution in [1.29, 1.82) is 0 Å². The summed E-state index contributed by atoms with van der Waals surface area (Å²) < 4.78 is 31.3. The smallest absolute Gasteiger partial charge is 0.653 e. The predicted octanol–water partition coefficient (Wildman–Crippen LogP) is -0.671. The second-order valence-electron chi connectivity index (χ2n) is 3.57. The van der Waals surface area contributed by atoms with Crippen LogP contribution in [0.3, 0.4) is 0 Å². The van der Waals surface area contributed by atoms with Crippen LogP contribution in [0.4, 0.5) is 0 Å². The fourth-order valence-corrected chi connectivity index (χ4v) is 0.996. The van der Waals surface area contributed by atoms with Gasteiger partial charge in [-0.3, -0.25) is 4.55 Å². The van der Waals surface area contributed by atoms with Gasteiger partial charge < -0.3 is 9.53 Å². The Bertz CT molecular complexity index is 254. The molecule has 1 N–H and O–H groups in total. The maximum Gasteiger partial charge on any atom is 1.00 e. The number of ether oxygens (including phenoxy) is 1. The van der Waals surface area contributed by atoms with Gasteiger partial charge in [-0.2, -0.15) is 8.42 Å². The fraction of sp³-hybridized carbons (Fsp3) is 0.909. The van der Waals surface area contributed by atoms with Crippen LogP contribution in [-0.4, -0.2) is 31.8 Å². The number of carbonyl (C=O) groups excluding carboxylic acids is 1. The van der Waals surface area contributed by atoms with Crippen LogP contribution in [0, 0.1) is 0 Å². The molecule has 0 heterocycles. The van der Waals surface area contributed by atoms with Crippen molar-refractivity contribution in [2.24, 2.45) is 0 Å². The maximum absolute atomic E-state index is 9.59. The van der Waals surface area contributed by atoms with Crippen molar-refractivity contribution in [3.05, 3.63) is 0 Å². The average Bonchev–Trinajstić information content (AvgIpc) is 2.28. The third kappa shape index (κ3) is 29.9. The minimum Gasteiger partial charge on any atom is -0.653 e. The first-order chi connectivity index (χ1) is 7.97. The van der Waals surface area contributed by atoms with E-state index < -0.39 is 10.1 Å². The van der Waals surface area contributed by atoms with Gasteiger partial charge in [0.15, 0.2) is 0 Å². The van der Waals surface area contributed by atoms with E-state index in [4.69, 9.17) is 4.55 Å². The van der Waals surface area contributed by atoms with Gasteiger partial charge in [-0.05, 0) is 13.3 Å². The second-order valence-corrected chi connectivity index (χ2v) is 5.31. The van der Waals surface area contributed by atoms with Crippen molar-refractivity contribution in [3.63, 3.8) is 0 Å². The molecule has 0 bridgehead atoms. The number of unbranched alkanes of at least 4 members (excludes halogenated alkanes) is 5. The molecule has 7 heteroatoms. The zero-order chi connectivity index (χ0) is 13.6. The molecule has 0 aliphatic heterocycles. The normalized spacial score (nSPS) is 9.72. The summed E-state index contributed by atoms with van der Waals surface area (Å²) in [5, 5.41) is 0. The van der Waals surface area contributed by atoms with Crippen molar-refractivity contribution >= 4 is 16.6 Å². The molecule has 0 atom stereocenters. The molecule has 104 valence electrons. The minimum absolute atomic E-state index is 0. The zero-order valence-corrected chi connectivity index (χ0v) is 14.5. The first-order valence-corrected chi connectivity index (χ1v) is 7.52. The Morgan fingerprint density at radius 2 is 1.50 bits per heavy atom. The number of hydrogen-bond acceptors (Lipinski definition) is 4. The van der Waals surface area contributed by atoms with Crippen LogP contribution < -0.4 is 29.6 Å². The van der Waals surface area contributed by atoms with Gasteiger partial charge in [-0.25, -0.2) is 0 Å². The summed E-state index contributed by atoms with van der Waals surface area (Å²) in [6, 6.07) is 0. The summed E-state index contributed by atoms with van der Waals surface area (Å²) in [7, 11) is -3.66. The summed E-state index contributed by atoms with van der Waals surface area (Å²) in [4.78, 5) is 9.59. The van der Waals surface area contributed by atoms with Crippen LogP contribution in [-0.2, 0) is 19.6 Å². The second kappa shape index (κ2) is 17.4. The standard InChI is InChI=1S/C9H17O2.C2H6O3S.Na/c1-2-3-4-5-6-7-8-11-9-10;1-2-6(3,4)5;/h2-8H2,1H3;2H2,1H3,(H,3,4,5);/q-1;;+1. The quantitative estimate of drug-likeness (QED) is 0.264. The van der Waals surface area contributed by atoms with Crippen LogP contribution in [0.15, 0.2) is 0 Å². The minimum atomic E-state index is -3.66. The molecule has 0 aliphatic carbocycles. The van der Waals surface area contributed by atoms with Gasteiger partial charge in [0.25, 0.3) is 10.1 Å². The molecule has 0 radical (unpaired) electrons. The van der Waals surface area contributed by atoms with E-state index in [2.05, 4.69) is 11.7 Å². The van der Waals surface area contributed by atoms with Crippen LogP contribution in [0.1, 0.15) is 52.4 Å². The molecular formula is C11H23NaO5S. The first-order valence-electron chi connectivity index (χ1n) is 5.92. The third-order valence-corrected chi connectivity index (χ3v) is 2.75. The van der Waals surface area contributed by atoms with Crippen LogP contribution in [0.25, 0.3) is 0 Å². The Hall–Kier alpha value is 0.380. The van der Waals surface area contributed by atoms with Crippen molar-refractivity contribution in [2.45, 2.75) is 52.4 Å². The van der Waals surface area contributed by atoms with E-state index in [1.165, 1.54) is 45.5 Å². The summed E-state index contributed by atoms with van der Waals surface area (Å²) >= 11 is 0. The monoisotopic (exact) mass is 290 g/mol. The SMILES string of the molecule is CCCCCCCCO[C-]=O.CCS(=O)(=O)O.[Na+]. The Kier molecular flexibility index (Phi) is 22.7. The topological polar surface area (TPSA) is 80.7 Å². The first kappa shape index (κ1) is 23.5. The molecule has 0 aromatic carbocycles. The molecule has 5 nitrogen and oxygen atoms in total. The Morgan fingerprint density at radius 1 is 1.06 bits per heavy atom.